The molecule has 2 aromatic rings. The van der Waals surface area contributed by atoms with Crippen molar-refractivity contribution in [1.82, 2.24) is 0 Å². The largest absolute Gasteiger partial charge is 0.409 e. The van der Waals surface area contributed by atoms with Crippen molar-refractivity contribution >= 4 is 27.5 Å². The number of benzene rings is 2. The van der Waals surface area contributed by atoms with E-state index >= 15 is 0 Å². The third-order valence-corrected chi connectivity index (χ3v) is 4.17. The molecule has 21 heavy (non-hydrogen) atoms. The number of rotatable bonds is 4. The Kier molecular flexibility index (Phi) is 4.80. The minimum Gasteiger partial charge on any atom is -0.409 e. The Labute approximate surface area is 130 Å². The number of nitrogens with two attached hydrogens (primary N) is 1. The molecule has 2 aromatic carbocycles. The fourth-order valence-electron chi connectivity index (χ4n) is 1.97. The third-order valence-electron chi connectivity index (χ3n) is 3.12. The SMILES string of the molecule is Cc1cccc(NCc2ccc(F)cc2/C(N)=N/O)c1Br. The van der Waals surface area contributed by atoms with E-state index in [1.807, 2.05) is 25.1 Å². The van der Waals surface area contributed by atoms with Gasteiger partial charge in [0.15, 0.2) is 5.84 Å². The molecule has 0 aliphatic heterocycles. The molecular weight excluding hydrogens is 337 g/mol. The summed E-state index contributed by atoms with van der Waals surface area (Å²) >= 11 is 3.52. The van der Waals surface area contributed by atoms with Crippen LogP contribution in [0.3, 0.4) is 0 Å². The first-order chi connectivity index (χ1) is 10.0. The van der Waals surface area contributed by atoms with E-state index < -0.39 is 5.82 Å². The first kappa shape index (κ1) is 15.3. The van der Waals surface area contributed by atoms with E-state index in [1.54, 1.807) is 6.07 Å². The van der Waals surface area contributed by atoms with E-state index in [1.165, 1.54) is 12.1 Å². The number of anilines is 1. The van der Waals surface area contributed by atoms with Gasteiger partial charge in [0.05, 0.1) is 0 Å². The number of halogens is 2. The van der Waals surface area contributed by atoms with Gasteiger partial charge in [-0.25, -0.2) is 4.39 Å². The second-order valence-corrected chi connectivity index (χ2v) is 5.37. The van der Waals surface area contributed by atoms with Gasteiger partial charge < -0.3 is 16.3 Å². The van der Waals surface area contributed by atoms with Gasteiger partial charge in [0.1, 0.15) is 5.82 Å². The third kappa shape index (κ3) is 3.52. The first-order valence-electron chi connectivity index (χ1n) is 6.28. The quantitative estimate of drug-likeness (QED) is 0.341. The summed E-state index contributed by atoms with van der Waals surface area (Å²) in [7, 11) is 0. The van der Waals surface area contributed by atoms with E-state index in [2.05, 4.69) is 26.4 Å². The van der Waals surface area contributed by atoms with Gasteiger partial charge in [-0.3, -0.25) is 0 Å². The van der Waals surface area contributed by atoms with E-state index in [0.29, 0.717) is 12.1 Å². The van der Waals surface area contributed by atoms with Crippen molar-refractivity contribution in [2.45, 2.75) is 13.5 Å². The van der Waals surface area contributed by atoms with Crippen LogP contribution in [0.4, 0.5) is 10.1 Å². The average molecular weight is 352 g/mol. The van der Waals surface area contributed by atoms with Crippen LogP contribution in [-0.4, -0.2) is 11.0 Å². The van der Waals surface area contributed by atoms with E-state index in [9.17, 15) is 4.39 Å². The van der Waals surface area contributed by atoms with Crippen LogP contribution in [0.5, 0.6) is 0 Å². The van der Waals surface area contributed by atoms with Gasteiger partial charge in [-0.15, -0.1) is 0 Å². The van der Waals surface area contributed by atoms with Crippen LogP contribution in [0.1, 0.15) is 16.7 Å². The Balaban J connectivity index is 2.26. The standard InChI is InChI=1S/C15H15BrFN3O/c1-9-3-2-4-13(14(9)16)19-8-10-5-6-11(17)7-12(10)15(18)20-21/h2-7,19,21H,8H2,1H3,(H2,18,20). The molecule has 0 amide bonds. The van der Waals surface area contributed by atoms with Crippen molar-refractivity contribution < 1.29 is 9.60 Å². The Bertz CT molecular complexity index is 689. The van der Waals surface area contributed by atoms with Gasteiger partial charge >= 0.3 is 0 Å². The van der Waals surface area contributed by atoms with Crippen LogP contribution in [0.25, 0.3) is 0 Å². The predicted octanol–water partition coefficient (Wildman–Crippen LogP) is 3.60. The maximum atomic E-state index is 13.3. The molecule has 110 valence electrons. The monoisotopic (exact) mass is 351 g/mol. The lowest BCUT2D eigenvalue weighted by molar-refractivity contribution is 0.318. The normalized spacial score (nSPS) is 11.5. The van der Waals surface area contributed by atoms with Crippen LogP contribution in [-0.2, 0) is 6.54 Å². The molecular formula is C15H15BrFN3O. The average Bonchev–Trinajstić information content (AvgIpc) is 2.49. The second-order valence-electron chi connectivity index (χ2n) is 4.58. The molecule has 0 saturated carbocycles. The fourth-order valence-corrected chi connectivity index (χ4v) is 2.37. The lowest BCUT2D eigenvalue weighted by Gasteiger charge is -2.13. The van der Waals surface area contributed by atoms with Gasteiger partial charge in [0, 0.05) is 22.3 Å². The molecule has 0 aliphatic carbocycles. The lowest BCUT2D eigenvalue weighted by atomic mass is 10.1. The fraction of sp³-hybridized carbons (Fsp3) is 0.133. The predicted molar refractivity (Wildman–Crippen MR) is 85.1 cm³/mol. The Hall–Kier alpha value is -2.08. The Morgan fingerprint density at radius 2 is 2.14 bits per heavy atom. The van der Waals surface area contributed by atoms with Crippen LogP contribution >= 0.6 is 15.9 Å². The summed E-state index contributed by atoms with van der Waals surface area (Å²) in [5, 5.41) is 15.0. The molecule has 6 heteroatoms. The highest BCUT2D eigenvalue weighted by Gasteiger charge is 2.09. The molecule has 0 fully saturated rings. The van der Waals surface area contributed by atoms with Gasteiger partial charge in [-0.2, -0.15) is 0 Å². The number of aryl methyl sites for hydroxylation is 1. The molecule has 0 bridgehead atoms. The smallest absolute Gasteiger partial charge is 0.170 e. The molecule has 2 rings (SSSR count). The summed E-state index contributed by atoms with van der Waals surface area (Å²) < 4.78 is 14.3. The van der Waals surface area contributed by atoms with Gasteiger partial charge in [-0.1, -0.05) is 23.4 Å². The molecule has 0 aliphatic rings. The Morgan fingerprint density at radius 1 is 1.38 bits per heavy atom. The molecule has 0 heterocycles. The minimum atomic E-state index is -0.433. The molecule has 0 saturated heterocycles. The van der Waals surface area contributed by atoms with Crippen LogP contribution in [0.2, 0.25) is 0 Å². The molecule has 0 aromatic heterocycles. The molecule has 0 atom stereocenters. The van der Waals surface area contributed by atoms with E-state index in [0.717, 1.165) is 21.3 Å². The molecule has 4 N–H and O–H groups in total. The summed E-state index contributed by atoms with van der Waals surface area (Å²) in [6.07, 6.45) is 0. The summed E-state index contributed by atoms with van der Waals surface area (Å²) in [6, 6.07) is 10.1. The zero-order chi connectivity index (χ0) is 15.4. The van der Waals surface area contributed by atoms with Crippen molar-refractivity contribution in [2.75, 3.05) is 5.32 Å². The maximum absolute atomic E-state index is 13.3. The molecule has 0 spiro atoms. The summed E-state index contributed by atoms with van der Waals surface area (Å²) in [4.78, 5) is 0. The number of amidine groups is 1. The van der Waals surface area contributed by atoms with Crippen molar-refractivity contribution in [2.24, 2.45) is 10.9 Å². The van der Waals surface area contributed by atoms with Crippen molar-refractivity contribution in [3.8, 4) is 0 Å². The van der Waals surface area contributed by atoms with Gasteiger partial charge in [0.25, 0.3) is 0 Å². The number of nitrogens with zero attached hydrogens (tertiary/aromatic N) is 1. The lowest BCUT2D eigenvalue weighted by Crippen LogP contribution is -2.17. The van der Waals surface area contributed by atoms with Crippen molar-refractivity contribution in [3.63, 3.8) is 0 Å². The highest BCUT2D eigenvalue weighted by atomic mass is 79.9. The summed E-state index contributed by atoms with van der Waals surface area (Å²) in [5.41, 5.74) is 8.72. The number of hydrogen-bond acceptors (Lipinski definition) is 3. The van der Waals surface area contributed by atoms with E-state index in [-0.39, 0.29) is 5.84 Å². The highest BCUT2D eigenvalue weighted by molar-refractivity contribution is 9.10. The molecule has 0 radical (unpaired) electrons. The van der Waals surface area contributed by atoms with Crippen molar-refractivity contribution in [3.05, 3.63) is 63.4 Å². The van der Waals surface area contributed by atoms with Crippen LogP contribution in [0, 0.1) is 12.7 Å². The topological polar surface area (TPSA) is 70.6 Å². The Morgan fingerprint density at radius 3 is 2.86 bits per heavy atom. The zero-order valence-corrected chi connectivity index (χ0v) is 13.0. The summed E-state index contributed by atoms with van der Waals surface area (Å²) in [6.45, 7) is 2.42. The number of hydrogen-bond donors (Lipinski definition) is 3. The second kappa shape index (κ2) is 6.58. The highest BCUT2D eigenvalue weighted by Crippen LogP contribution is 2.26. The van der Waals surface area contributed by atoms with Gasteiger partial charge in [0.2, 0.25) is 0 Å². The van der Waals surface area contributed by atoms with Crippen LogP contribution < -0.4 is 11.1 Å². The van der Waals surface area contributed by atoms with Crippen LogP contribution in [0.15, 0.2) is 46.0 Å². The van der Waals surface area contributed by atoms with Gasteiger partial charge in [-0.05, 0) is 52.2 Å². The zero-order valence-electron chi connectivity index (χ0n) is 11.4. The molecule has 4 nitrogen and oxygen atoms in total. The number of oxime groups is 1. The first-order valence-corrected chi connectivity index (χ1v) is 7.07. The number of nitrogens with one attached hydrogen (secondary N) is 1. The summed E-state index contributed by atoms with van der Waals surface area (Å²) in [5.74, 6) is -0.549. The van der Waals surface area contributed by atoms with E-state index in [4.69, 9.17) is 10.9 Å². The maximum Gasteiger partial charge on any atom is 0.170 e. The van der Waals surface area contributed by atoms with Crippen molar-refractivity contribution in [1.29, 1.82) is 0 Å². The minimum absolute atomic E-state index is 0.116. The molecule has 0 unspecified atom stereocenters.